The number of non-ortho nitro benzene ring substituents is 1. The molecule has 5 nitrogen and oxygen atoms in total. The van der Waals surface area contributed by atoms with Gasteiger partial charge in [-0.15, -0.1) is 0 Å². The van der Waals surface area contributed by atoms with E-state index in [-0.39, 0.29) is 21.5 Å². The van der Waals surface area contributed by atoms with E-state index in [1.807, 2.05) is 24.4 Å². The van der Waals surface area contributed by atoms with Crippen LogP contribution in [0.4, 0.5) is 5.69 Å². The molecule has 0 saturated heterocycles. The fourth-order valence-corrected chi connectivity index (χ4v) is 2.51. The largest absolute Gasteiger partial charge is 0.454 e. The molecule has 106 valence electrons. The summed E-state index contributed by atoms with van der Waals surface area (Å²) in [4.78, 5) is 13.2. The maximum atomic E-state index is 10.7. The summed E-state index contributed by atoms with van der Waals surface area (Å²) in [6.45, 7) is 0. The third-order valence-electron chi connectivity index (χ3n) is 2.94. The van der Waals surface area contributed by atoms with Crippen molar-refractivity contribution in [3.63, 3.8) is 0 Å². The first-order valence-electron chi connectivity index (χ1n) is 5.93. The molecule has 0 aliphatic rings. The van der Waals surface area contributed by atoms with Crippen molar-refractivity contribution in [2.24, 2.45) is 0 Å². The highest BCUT2D eigenvalue weighted by Gasteiger charge is 2.16. The monoisotopic (exact) mass is 322 g/mol. The molecule has 1 aromatic heterocycles. The Hall–Kier alpha value is -2.24. The lowest BCUT2D eigenvalue weighted by Crippen LogP contribution is -1.91. The number of nitrogens with zero attached hydrogens (tertiary/aromatic N) is 1. The maximum absolute atomic E-state index is 10.7. The molecule has 7 heteroatoms. The van der Waals surface area contributed by atoms with E-state index in [0.717, 1.165) is 10.9 Å². The Kier molecular flexibility index (Phi) is 3.45. The lowest BCUT2D eigenvalue weighted by atomic mass is 10.2. The van der Waals surface area contributed by atoms with E-state index < -0.39 is 4.92 Å². The highest BCUT2D eigenvalue weighted by Crippen LogP contribution is 2.39. The summed E-state index contributed by atoms with van der Waals surface area (Å²) in [7, 11) is 0. The molecular weight excluding hydrogens is 315 g/mol. The van der Waals surface area contributed by atoms with Gasteiger partial charge in [0.05, 0.1) is 15.0 Å². The Bertz CT molecular complexity index is 822. The number of aromatic nitrogens is 1. The predicted octanol–water partition coefficient (Wildman–Crippen LogP) is 5.18. The fourth-order valence-electron chi connectivity index (χ4n) is 1.96. The number of benzene rings is 2. The van der Waals surface area contributed by atoms with Crippen molar-refractivity contribution in [1.29, 1.82) is 0 Å². The number of hydrogen-bond acceptors (Lipinski definition) is 3. The third kappa shape index (κ3) is 2.66. The number of nitro groups is 1. The van der Waals surface area contributed by atoms with Gasteiger partial charge in [0.15, 0.2) is 5.75 Å². The van der Waals surface area contributed by atoms with Crippen molar-refractivity contribution in [3.8, 4) is 11.5 Å². The number of rotatable bonds is 3. The number of nitro benzene ring substituents is 1. The van der Waals surface area contributed by atoms with Gasteiger partial charge in [0, 0.05) is 29.2 Å². The molecule has 0 unspecified atom stereocenters. The van der Waals surface area contributed by atoms with Crippen LogP contribution >= 0.6 is 23.2 Å². The first-order valence-corrected chi connectivity index (χ1v) is 6.68. The van der Waals surface area contributed by atoms with Crippen LogP contribution in [0, 0.1) is 10.1 Å². The summed E-state index contributed by atoms with van der Waals surface area (Å²) in [6.07, 6.45) is 1.82. The number of ether oxygens (including phenoxy) is 1. The smallest absolute Gasteiger partial charge is 0.272 e. The van der Waals surface area contributed by atoms with Crippen LogP contribution in [0.5, 0.6) is 11.5 Å². The highest BCUT2D eigenvalue weighted by atomic mass is 35.5. The highest BCUT2D eigenvalue weighted by molar-refractivity contribution is 6.37. The lowest BCUT2D eigenvalue weighted by Gasteiger charge is -2.09. The number of aromatic amines is 1. The van der Waals surface area contributed by atoms with Crippen LogP contribution in [0.2, 0.25) is 10.0 Å². The number of H-pyrrole nitrogens is 1. The second-order valence-electron chi connectivity index (χ2n) is 4.32. The third-order valence-corrected chi connectivity index (χ3v) is 3.50. The minimum Gasteiger partial charge on any atom is -0.454 e. The van der Waals surface area contributed by atoms with Crippen molar-refractivity contribution in [1.82, 2.24) is 4.98 Å². The van der Waals surface area contributed by atoms with Crippen LogP contribution in [0.1, 0.15) is 0 Å². The van der Waals surface area contributed by atoms with E-state index >= 15 is 0 Å². The summed E-state index contributed by atoms with van der Waals surface area (Å²) < 4.78 is 5.65. The molecule has 1 heterocycles. The van der Waals surface area contributed by atoms with Gasteiger partial charge in [-0.1, -0.05) is 23.2 Å². The molecule has 0 atom stereocenters. The molecule has 21 heavy (non-hydrogen) atoms. The molecule has 0 aliphatic carbocycles. The number of halogens is 2. The number of hydrogen-bond donors (Lipinski definition) is 1. The molecule has 0 spiro atoms. The summed E-state index contributed by atoms with van der Waals surface area (Å²) in [5.41, 5.74) is 0.793. The first kappa shape index (κ1) is 13.7. The predicted molar refractivity (Wildman–Crippen MR) is 81.5 cm³/mol. The average Bonchev–Trinajstić information content (AvgIpc) is 2.90. The minimum atomic E-state index is -0.562. The summed E-state index contributed by atoms with van der Waals surface area (Å²) >= 11 is 12.0. The summed E-state index contributed by atoms with van der Waals surface area (Å²) in [6, 6.07) is 9.75. The van der Waals surface area contributed by atoms with Gasteiger partial charge < -0.3 is 9.72 Å². The van der Waals surface area contributed by atoms with E-state index in [1.165, 1.54) is 12.1 Å². The second-order valence-corrected chi connectivity index (χ2v) is 5.14. The van der Waals surface area contributed by atoms with Crippen LogP contribution in [-0.2, 0) is 0 Å². The van der Waals surface area contributed by atoms with Crippen LogP contribution in [-0.4, -0.2) is 9.91 Å². The average molecular weight is 323 g/mol. The van der Waals surface area contributed by atoms with Gasteiger partial charge in [-0.25, -0.2) is 0 Å². The van der Waals surface area contributed by atoms with Gasteiger partial charge >= 0.3 is 0 Å². The van der Waals surface area contributed by atoms with Gasteiger partial charge in [-0.3, -0.25) is 10.1 Å². The van der Waals surface area contributed by atoms with E-state index in [1.54, 1.807) is 6.07 Å². The first-order chi connectivity index (χ1) is 10.0. The van der Waals surface area contributed by atoms with Crippen molar-refractivity contribution < 1.29 is 9.66 Å². The lowest BCUT2D eigenvalue weighted by molar-refractivity contribution is -0.384. The molecule has 1 N–H and O–H groups in total. The molecule has 3 aromatic rings. The van der Waals surface area contributed by atoms with Crippen molar-refractivity contribution >= 4 is 39.8 Å². The Morgan fingerprint density at radius 3 is 2.48 bits per heavy atom. The normalized spacial score (nSPS) is 10.8. The molecular formula is C14H8Cl2N2O3. The summed E-state index contributed by atoms with van der Waals surface area (Å²) in [5, 5.41) is 11.9. The molecule has 0 saturated carbocycles. The minimum absolute atomic E-state index is 0.0864. The number of fused-ring (bicyclic) bond motifs is 1. The standard InChI is InChI=1S/C14H8Cl2N2O3/c15-11-6-9(18(19)20)7-12(16)14(11)21-10-1-2-13-8(5-10)3-4-17-13/h1-7,17H. The Morgan fingerprint density at radius 1 is 1.10 bits per heavy atom. The Morgan fingerprint density at radius 2 is 1.81 bits per heavy atom. The van der Waals surface area contributed by atoms with E-state index in [9.17, 15) is 10.1 Å². The molecule has 3 rings (SSSR count). The van der Waals surface area contributed by atoms with Gasteiger partial charge in [0.1, 0.15) is 5.75 Å². The molecule has 2 aromatic carbocycles. The Balaban J connectivity index is 1.99. The zero-order chi connectivity index (χ0) is 15.0. The van der Waals surface area contributed by atoms with Crippen LogP contribution in [0.15, 0.2) is 42.6 Å². The number of nitrogens with one attached hydrogen (secondary N) is 1. The van der Waals surface area contributed by atoms with Crippen molar-refractivity contribution in [3.05, 3.63) is 62.8 Å². The quantitative estimate of drug-likeness (QED) is 0.534. The van der Waals surface area contributed by atoms with Gasteiger partial charge in [-0.05, 0) is 24.3 Å². The van der Waals surface area contributed by atoms with Crippen molar-refractivity contribution in [2.45, 2.75) is 0 Å². The molecule has 0 fully saturated rings. The van der Waals surface area contributed by atoms with E-state index in [2.05, 4.69) is 4.98 Å². The summed E-state index contributed by atoms with van der Waals surface area (Å²) in [5.74, 6) is 0.735. The Labute approximate surface area is 129 Å². The van der Waals surface area contributed by atoms with Crippen LogP contribution in [0.3, 0.4) is 0 Å². The van der Waals surface area contributed by atoms with Crippen molar-refractivity contribution in [2.75, 3.05) is 0 Å². The zero-order valence-corrected chi connectivity index (χ0v) is 12.0. The van der Waals surface area contributed by atoms with Gasteiger partial charge in [-0.2, -0.15) is 0 Å². The molecule has 0 aliphatic heterocycles. The molecule has 0 radical (unpaired) electrons. The van der Waals surface area contributed by atoms with E-state index in [4.69, 9.17) is 27.9 Å². The van der Waals surface area contributed by atoms with E-state index in [0.29, 0.717) is 5.75 Å². The van der Waals surface area contributed by atoms with Gasteiger partial charge in [0.25, 0.3) is 5.69 Å². The van der Waals surface area contributed by atoms with Gasteiger partial charge in [0.2, 0.25) is 0 Å². The molecule has 0 amide bonds. The van der Waals surface area contributed by atoms with Crippen LogP contribution < -0.4 is 4.74 Å². The fraction of sp³-hybridized carbons (Fsp3) is 0. The molecule has 0 bridgehead atoms. The maximum Gasteiger partial charge on any atom is 0.272 e. The second kappa shape index (κ2) is 5.27. The zero-order valence-electron chi connectivity index (χ0n) is 10.5. The topological polar surface area (TPSA) is 68.2 Å². The van der Waals surface area contributed by atoms with Crippen LogP contribution in [0.25, 0.3) is 10.9 Å². The SMILES string of the molecule is O=[N+]([O-])c1cc(Cl)c(Oc2ccc3[nH]ccc3c2)c(Cl)c1.